The molecule has 2 aromatic heterocycles. The van der Waals surface area contributed by atoms with E-state index in [-0.39, 0.29) is 5.89 Å². The van der Waals surface area contributed by atoms with E-state index in [1.807, 2.05) is 49.6 Å². The molecule has 0 saturated heterocycles. The lowest BCUT2D eigenvalue weighted by molar-refractivity contribution is 0.427. The highest BCUT2D eigenvalue weighted by Gasteiger charge is 2.20. The monoisotopic (exact) mass is 340 g/mol. The highest BCUT2D eigenvalue weighted by molar-refractivity contribution is 8.10. The van der Waals surface area contributed by atoms with Gasteiger partial charge in [-0.25, -0.2) is 0 Å². The molecule has 1 aromatic carbocycles. The van der Waals surface area contributed by atoms with Crippen molar-refractivity contribution in [3.63, 3.8) is 0 Å². The Hall–Kier alpha value is -2.87. The molecule has 0 fully saturated rings. The molecule has 0 unspecified atom stereocenters. The van der Waals surface area contributed by atoms with Crippen LogP contribution in [0.3, 0.4) is 0 Å². The molecule has 8 heteroatoms. The Morgan fingerprint density at radius 3 is 3.00 bits per heavy atom. The summed E-state index contributed by atoms with van der Waals surface area (Å²) in [5, 5.41) is 13.9. The van der Waals surface area contributed by atoms with Crippen LogP contribution in [-0.4, -0.2) is 25.1 Å². The van der Waals surface area contributed by atoms with E-state index in [0.29, 0.717) is 22.2 Å². The summed E-state index contributed by atoms with van der Waals surface area (Å²) in [4.78, 5) is 4.96. The number of aryl methyl sites for hydroxylation is 1. The maximum absolute atomic E-state index is 6.15. The number of hydrogen-bond acceptors (Lipinski definition) is 7. The summed E-state index contributed by atoms with van der Waals surface area (Å²) in [6, 6.07) is 7.79. The fraction of sp³-hybridized carbons (Fsp3) is 0.125. The summed E-state index contributed by atoms with van der Waals surface area (Å²) < 4.78 is 6.79. The molecule has 0 radical (unpaired) electrons. The molecule has 0 spiro atoms. The lowest BCUT2D eigenvalue weighted by atomic mass is 10.2. The van der Waals surface area contributed by atoms with E-state index in [1.54, 1.807) is 0 Å². The van der Waals surface area contributed by atoms with E-state index in [0.717, 1.165) is 11.3 Å². The molecule has 3 rings (SSSR count). The van der Waals surface area contributed by atoms with Gasteiger partial charge in [-0.05, 0) is 37.0 Å². The molecule has 0 saturated carbocycles. The molecule has 122 valence electrons. The minimum atomic E-state index is 0.212. The van der Waals surface area contributed by atoms with Crippen LogP contribution in [0.25, 0.3) is 22.2 Å². The van der Waals surface area contributed by atoms with E-state index in [1.165, 1.54) is 16.4 Å². The van der Waals surface area contributed by atoms with E-state index in [2.05, 4.69) is 27.0 Å². The Morgan fingerprint density at radius 1 is 1.42 bits per heavy atom. The highest BCUT2D eigenvalue weighted by atomic mass is 32.2. The molecule has 0 aliphatic carbocycles. The number of benzene rings is 1. The second kappa shape index (κ2) is 6.71. The van der Waals surface area contributed by atoms with Gasteiger partial charge in [-0.2, -0.15) is 9.67 Å². The molecule has 0 atom stereocenters. The standard InChI is InChI=1S/C16H16N6OS/c1-4-8-24-11(3)15-18-16(23-20-15)13-14(17)22(21-19-13)12-7-5-6-10(2)9-12/h4-9H,3,17H2,1-2H3/b8-4-. The average Bonchev–Trinajstić information content (AvgIpc) is 3.19. The fourth-order valence-electron chi connectivity index (χ4n) is 2.03. The summed E-state index contributed by atoms with van der Waals surface area (Å²) in [5.41, 5.74) is 8.42. The van der Waals surface area contributed by atoms with Gasteiger partial charge in [0, 0.05) is 0 Å². The number of hydrogen-bond donors (Lipinski definition) is 1. The number of nitrogen functional groups attached to an aromatic ring is 1. The van der Waals surface area contributed by atoms with Gasteiger partial charge < -0.3 is 10.3 Å². The summed E-state index contributed by atoms with van der Waals surface area (Å²) in [6.07, 6.45) is 1.91. The van der Waals surface area contributed by atoms with Gasteiger partial charge in [0.2, 0.25) is 5.82 Å². The third-order valence-electron chi connectivity index (χ3n) is 3.18. The number of anilines is 1. The van der Waals surface area contributed by atoms with Gasteiger partial charge in [0.05, 0.1) is 10.6 Å². The van der Waals surface area contributed by atoms with Crippen LogP contribution in [0.1, 0.15) is 18.3 Å². The molecule has 24 heavy (non-hydrogen) atoms. The van der Waals surface area contributed by atoms with E-state index >= 15 is 0 Å². The van der Waals surface area contributed by atoms with Gasteiger partial charge in [0.15, 0.2) is 11.5 Å². The van der Waals surface area contributed by atoms with Crippen LogP contribution in [0.5, 0.6) is 0 Å². The number of aromatic nitrogens is 5. The fourth-order valence-corrected chi connectivity index (χ4v) is 2.52. The summed E-state index contributed by atoms with van der Waals surface area (Å²) in [6.45, 7) is 7.83. The number of nitrogens with two attached hydrogens (primary N) is 1. The van der Waals surface area contributed by atoms with Crippen molar-refractivity contribution < 1.29 is 4.52 Å². The van der Waals surface area contributed by atoms with Crippen molar-refractivity contribution in [3.05, 3.63) is 53.7 Å². The number of thioether (sulfide) groups is 1. The molecule has 0 amide bonds. The minimum Gasteiger partial charge on any atom is -0.382 e. The Bertz CT molecular complexity index is 911. The molecular weight excluding hydrogens is 324 g/mol. The van der Waals surface area contributed by atoms with Crippen molar-refractivity contribution in [2.45, 2.75) is 13.8 Å². The second-order valence-corrected chi connectivity index (χ2v) is 6.01. The first-order valence-electron chi connectivity index (χ1n) is 7.19. The lowest BCUT2D eigenvalue weighted by Crippen LogP contribution is -2.02. The zero-order chi connectivity index (χ0) is 17.1. The molecular formula is C16H16N6OS. The van der Waals surface area contributed by atoms with Crippen molar-refractivity contribution in [2.24, 2.45) is 0 Å². The van der Waals surface area contributed by atoms with E-state index in [4.69, 9.17) is 10.3 Å². The van der Waals surface area contributed by atoms with Crippen molar-refractivity contribution in [1.82, 2.24) is 25.1 Å². The van der Waals surface area contributed by atoms with E-state index < -0.39 is 0 Å². The average molecular weight is 340 g/mol. The van der Waals surface area contributed by atoms with Crippen LogP contribution < -0.4 is 5.73 Å². The maximum atomic E-state index is 6.15. The Balaban J connectivity index is 1.92. The zero-order valence-electron chi connectivity index (χ0n) is 13.3. The minimum absolute atomic E-state index is 0.212. The van der Waals surface area contributed by atoms with Gasteiger partial charge in [-0.3, -0.25) is 0 Å². The first kappa shape index (κ1) is 16.0. The molecule has 2 N–H and O–H groups in total. The van der Waals surface area contributed by atoms with E-state index in [9.17, 15) is 0 Å². The third kappa shape index (κ3) is 3.09. The Labute approximate surface area is 143 Å². The van der Waals surface area contributed by atoms with Crippen LogP contribution in [-0.2, 0) is 0 Å². The summed E-state index contributed by atoms with van der Waals surface area (Å²) in [7, 11) is 0. The smallest absolute Gasteiger partial charge is 0.282 e. The number of rotatable bonds is 5. The van der Waals surface area contributed by atoms with Crippen molar-refractivity contribution in [3.8, 4) is 17.3 Å². The molecule has 3 aromatic rings. The molecule has 7 nitrogen and oxygen atoms in total. The predicted molar refractivity (Wildman–Crippen MR) is 95.2 cm³/mol. The van der Waals surface area contributed by atoms with Crippen molar-refractivity contribution in [1.29, 1.82) is 0 Å². The molecule has 0 aliphatic heterocycles. The van der Waals surface area contributed by atoms with Crippen LogP contribution in [0.15, 0.2) is 46.9 Å². The van der Waals surface area contributed by atoms with Crippen molar-refractivity contribution in [2.75, 3.05) is 5.73 Å². The Kier molecular flexibility index (Phi) is 4.48. The molecule has 0 aliphatic rings. The van der Waals surface area contributed by atoms with Crippen LogP contribution in [0.2, 0.25) is 0 Å². The lowest BCUT2D eigenvalue weighted by Gasteiger charge is -2.03. The van der Waals surface area contributed by atoms with Crippen LogP contribution in [0, 0.1) is 6.92 Å². The van der Waals surface area contributed by atoms with Crippen molar-refractivity contribution >= 4 is 22.5 Å². The van der Waals surface area contributed by atoms with Crippen LogP contribution in [0.4, 0.5) is 5.82 Å². The molecule has 2 heterocycles. The van der Waals surface area contributed by atoms with Gasteiger partial charge in [-0.15, -0.1) is 5.10 Å². The topological polar surface area (TPSA) is 95.7 Å². The summed E-state index contributed by atoms with van der Waals surface area (Å²) >= 11 is 1.41. The summed E-state index contributed by atoms with van der Waals surface area (Å²) in [5.74, 6) is 0.948. The maximum Gasteiger partial charge on any atom is 0.282 e. The SMILES string of the molecule is C=C(S/C=C\C)c1noc(-c2nnn(-c3cccc(C)c3)c2N)n1. The first-order valence-corrected chi connectivity index (χ1v) is 8.07. The van der Waals surface area contributed by atoms with Crippen LogP contribution >= 0.6 is 11.8 Å². The van der Waals surface area contributed by atoms with Gasteiger partial charge in [-0.1, -0.05) is 46.9 Å². The Morgan fingerprint density at radius 2 is 2.25 bits per heavy atom. The second-order valence-electron chi connectivity index (χ2n) is 5.01. The van der Waals surface area contributed by atoms with Gasteiger partial charge in [0.1, 0.15) is 0 Å². The first-order chi connectivity index (χ1) is 11.6. The third-order valence-corrected chi connectivity index (χ3v) is 4.05. The molecule has 0 bridgehead atoms. The number of nitrogens with zero attached hydrogens (tertiary/aromatic N) is 5. The number of allylic oxidation sites excluding steroid dienone is 1. The zero-order valence-corrected chi connectivity index (χ0v) is 14.1. The quantitative estimate of drug-likeness (QED) is 0.760. The normalized spacial score (nSPS) is 11.2. The highest BCUT2D eigenvalue weighted by Crippen LogP contribution is 2.28. The predicted octanol–water partition coefficient (Wildman–Crippen LogP) is 3.45. The van der Waals surface area contributed by atoms with Gasteiger partial charge >= 0.3 is 0 Å². The largest absolute Gasteiger partial charge is 0.382 e. The van der Waals surface area contributed by atoms with Gasteiger partial charge in [0.25, 0.3) is 5.89 Å².